The maximum Gasteiger partial charge on any atom is 0.396 e. The summed E-state index contributed by atoms with van der Waals surface area (Å²) in [6.07, 6.45) is -2.36. The molecule has 0 aliphatic carbocycles. The normalized spacial score (nSPS) is 12.2. The third kappa shape index (κ3) is 2.93. The average molecular weight is 401 g/mol. The molecule has 0 atom stereocenters. The zero-order valence-electron chi connectivity index (χ0n) is 12.7. The van der Waals surface area contributed by atoms with Crippen molar-refractivity contribution in [3.63, 3.8) is 0 Å². The number of halogens is 5. The molecule has 0 spiro atoms. The quantitative estimate of drug-likeness (QED) is 0.463. The summed E-state index contributed by atoms with van der Waals surface area (Å²) in [7, 11) is 0. The Morgan fingerprint density at radius 2 is 1.96 bits per heavy atom. The Morgan fingerprint density at radius 3 is 2.65 bits per heavy atom. The predicted molar refractivity (Wildman–Crippen MR) is 91.0 cm³/mol. The van der Waals surface area contributed by atoms with Crippen LogP contribution in [0.3, 0.4) is 0 Å². The van der Waals surface area contributed by atoms with Gasteiger partial charge in [-0.15, -0.1) is 0 Å². The van der Waals surface area contributed by atoms with Gasteiger partial charge in [0, 0.05) is 22.7 Å². The molecule has 134 valence electrons. The summed E-state index contributed by atoms with van der Waals surface area (Å²) < 4.78 is 37.7. The lowest BCUT2D eigenvalue weighted by molar-refractivity contribution is -0.128. The van der Waals surface area contributed by atoms with Crippen LogP contribution in [0.4, 0.5) is 13.2 Å². The van der Waals surface area contributed by atoms with Crippen LogP contribution in [-0.4, -0.2) is 36.5 Å². The van der Waals surface area contributed by atoms with Gasteiger partial charge >= 0.3 is 6.18 Å². The van der Waals surface area contributed by atoms with Gasteiger partial charge in [0.25, 0.3) is 0 Å². The van der Waals surface area contributed by atoms with E-state index in [1.165, 1.54) is 0 Å². The van der Waals surface area contributed by atoms with Crippen molar-refractivity contribution < 1.29 is 13.2 Å². The zero-order chi connectivity index (χ0) is 18.5. The van der Waals surface area contributed by atoms with E-state index in [9.17, 15) is 13.2 Å². The Balaban J connectivity index is 1.92. The minimum absolute atomic E-state index is 0.0869. The van der Waals surface area contributed by atoms with Crippen LogP contribution in [0.25, 0.3) is 33.5 Å². The number of aromatic nitrogens is 6. The summed E-state index contributed by atoms with van der Waals surface area (Å²) in [5.74, 6) is -0.197. The second-order valence-corrected chi connectivity index (χ2v) is 6.33. The second kappa shape index (κ2) is 6.03. The van der Waals surface area contributed by atoms with Crippen molar-refractivity contribution in [3.8, 4) is 22.6 Å². The molecule has 0 amide bonds. The van der Waals surface area contributed by atoms with Crippen LogP contribution < -0.4 is 0 Å². The Bertz CT molecular complexity index is 1080. The number of nitrogens with one attached hydrogen (secondary N) is 3. The molecule has 0 aliphatic heterocycles. The Morgan fingerprint density at radius 1 is 1.15 bits per heavy atom. The van der Waals surface area contributed by atoms with E-state index in [1.807, 2.05) is 0 Å². The molecule has 0 fully saturated rings. The van der Waals surface area contributed by atoms with E-state index < -0.39 is 12.6 Å². The molecule has 0 saturated heterocycles. The van der Waals surface area contributed by atoms with Gasteiger partial charge in [0.15, 0.2) is 5.82 Å². The van der Waals surface area contributed by atoms with Crippen molar-refractivity contribution in [2.75, 3.05) is 0 Å². The highest BCUT2D eigenvalue weighted by atomic mass is 35.5. The van der Waals surface area contributed by atoms with Gasteiger partial charge < -0.3 is 4.98 Å². The second-order valence-electron chi connectivity index (χ2n) is 5.54. The van der Waals surface area contributed by atoms with Gasteiger partial charge in [-0.2, -0.15) is 23.4 Å². The van der Waals surface area contributed by atoms with Crippen molar-refractivity contribution in [3.05, 3.63) is 40.4 Å². The van der Waals surface area contributed by atoms with Crippen molar-refractivity contribution in [1.29, 1.82) is 0 Å². The molecule has 1 aromatic carbocycles. The lowest BCUT2D eigenvalue weighted by atomic mass is 10.0. The van der Waals surface area contributed by atoms with Crippen LogP contribution in [0.15, 0.2) is 24.5 Å². The molecule has 3 aromatic heterocycles. The molecular weight excluding hydrogens is 392 g/mol. The molecule has 4 aromatic rings. The predicted octanol–water partition coefficient (Wildman–Crippen LogP) is 4.75. The van der Waals surface area contributed by atoms with Gasteiger partial charge in [0.1, 0.15) is 12.2 Å². The Hall–Kier alpha value is -2.52. The maximum atomic E-state index is 12.6. The molecule has 0 unspecified atom stereocenters. The zero-order valence-corrected chi connectivity index (χ0v) is 14.3. The number of fused-ring (bicyclic) bond motifs is 1. The number of hydrogen-bond donors (Lipinski definition) is 3. The average Bonchev–Trinajstić information content (AvgIpc) is 3.27. The van der Waals surface area contributed by atoms with E-state index in [4.69, 9.17) is 23.2 Å². The number of H-pyrrole nitrogens is 3. The summed E-state index contributed by atoms with van der Waals surface area (Å²) in [5.41, 5.74) is 2.31. The van der Waals surface area contributed by atoms with Crippen LogP contribution in [0, 0.1) is 0 Å². The van der Waals surface area contributed by atoms with Crippen molar-refractivity contribution >= 4 is 34.1 Å². The highest BCUT2D eigenvalue weighted by Gasteiger charge is 2.30. The Labute approximate surface area is 153 Å². The lowest BCUT2D eigenvalue weighted by Gasteiger charge is -2.01. The van der Waals surface area contributed by atoms with Crippen LogP contribution in [0.5, 0.6) is 0 Å². The number of alkyl halides is 3. The fraction of sp³-hybridized carbons (Fsp3) is 0.133. The molecule has 3 N–H and O–H groups in total. The molecular formula is C15H9Cl2F3N6. The van der Waals surface area contributed by atoms with E-state index in [-0.39, 0.29) is 11.6 Å². The van der Waals surface area contributed by atoms with Crippen LogP contribution in [0.1, 0.15) is 5.82 Å². The lowest BCUT2D eigenvalue weighted by Crippen LogP contribution is -2.12. The van der Waals surface area contributed by atoms with Crippen LogP contribution in [0.2, 0.25) is 10.0 Å². The molecule has 3 heterocycles. The molecule has 0 bridgehead atoms. The maximum absolute atomic E-state index is 12.6. The highest BCUT2D eigenvalue weighted by Crippen LogP contribution is 2.41. The van der Waals surface area contributed by atoms with Gasteiger partial charge in [0.05, 0.1) is 27.5 Å². The number of hydrogen-bond acceptors (Lipinski definition) is 3. The molecule has 4 rings (SSSR count). The third-order valence-electron chi connectivity index (χ3n) is 3.77. The minimum atomic E-state index is -4.39. The van der Waals surface area contributed by atoms with E-state index in [0.717, 1.165) is 5.39 Å². The molecule has 11 heteroatoms. The summed E-state index contributed by atoms with van der Waals surface area (Å²) in [6, 6.07) is 3.40. The molecule has 26 heavy (non-hydrogen) atoms. The fourth-order valence-corrected chi connectivity index (χ4v) is 3.10. The Kier molecular flexibility index (Phi) is 3.92. The number of rotatable bonds is 3. The van der Waals surface area contributed by atoms with Crippen LogP contribution in [-0.2, 0) is 6.42 Å². The van der Waals surface area contributed by atoms with Gasteiger partial charge in [-0.05, 0) is 6.07 Å². The van der Waals surface area contributed by atoms with Crippen LogP contribution >= 0.6 is 23.2 Å². The van der Waals surface area contributed by atoms with E-state index in [2.05, 4.69) is 30.4 Å². The summed E-state index contributed by atoms with van der Waals surface area (Å²) in [5, 5.41) is 14.2. The monoisotopic (exact) mass is 400 g/mol. The van der Waals surface area contributed by atoms with Gasteiger partial charge in [0.2, 0.25) is 0 Å². The third-order valence-corrected chi connectivity index (χ3v) is 4.58. The number of aromatic amines is 3. The summed E-state index contributed by atoms with van der Waals surface area (Å²) >= 11 is 12.3. The van der Waals surface area contributed by atoms with Crippen molar-refractivity contribution in [1.82, 2.24) is 30.4 Å². The first-order valence-electron chi connectivity index (χ1n) is 7.30. The molecule has 6 nitrogen and oxygen atoms in total. The highest BCUT2D eigenvalue weighted by molar-refractivity contribution is 6.45. The molecule has 0 radical (unpaired) electrons. The van der Waals surface area contributed by atoms with Gasteiger partial charge in [-0.25, -0.2) is 4.98 Å². The first kappa shape index (κ1) is 16.9. The van der Waals surface area contributed by atoms with Gasteiger partial charge in [-0.3, -0.25) is 10.2 Å². The summed E-state index contributed by atoms with van der Waals surface area (Å²) in [4.78, 5) is 7.03. The topological polar surface area (TPSA) is 86.0 Å². The first-order chi connectivity index (χ1) is 12.3. The largest absolute Gasteiger partial charge is 0.396 e. The molecule has 0 saturated carbocycles. The van der Waals surface area contributed by atoms with E-state index >= 15 is 0 Å². The van der Waals surface area contributed by atoms with E-state index in [0.29, 0.717) is 32.4 Å². The van der Waals surface area contributed by atoms with Crippen molar-refractivity contribution in [2.45, 2.75) is 12.6 Å². The van der Waals surface area contributed by atoms with Crippen molar-refractivity contribution in [2.24, 2.45) is 0 Å². The fourth-order valence-electron chi connectivity index (χ4n) is 2.73. The smallest absolute Gasteiger partial charge is 0.350 e. The standard InChI is InChI=1S/C15H9Cl2F3N6/c16-8-2-1-7-10(6-4-21-22-5-6)13(24-12(7)11(8)17)14-23-9(25-26-14)3-15(18,19)20/h1-2,4-5,24H,3H2,(H,21,22)(H,23,25,26). The number of benzene rings is 1. The first-order valence-corrected chi connectivity index (χ1v) is 8.06. The number of nitrogens with zero attached hydrogens (tertiary/aromatic N) is 3. The van der Waals surface area contributed by atoms with E-state index in [1.54, 1.807) is 24.5 Å². The minimum Gasteiger partial charge on any atom is -0.350 e. The summed E-state index contributed by atoms with van der Waals surface area (Å²) in [6.45, 7) is 0. The van der Waals surface area contributed by atoms with Gasteiger partial charge in [-0.1, -0.05) is 29.3 Å². The molecule has 0 aliphatic rings. The SMILES string of the molecule is FC(F)(F)Cc1nc(-c2[nH]c3c(Cl)c(Cl)ccc3c2-c2cn[nH]c2)n[nH]1.